The lowest BCUT2D eigenvalue weighted by Crippen LogP contribution is -2.41. The maximum absolute atomic E-state index is 12.6. The Morgan fingerprint density at radius 2 is 1.97 bits per heavy atom. The molecule has 2 aromatic rings. The fourth-order valence-electron chi connectivity index (χ4n) is 3.60. The maximum atomic E-state index is 12.6. The summed E-state index contributed by atoms with van der Waals surface area (Å²) in [5, 5.41) is 10.1. The number of sulfonamides is 1. The van der Waals surface area contributed by atoms with E-state index in [9.17, 15) is 13.2 Å². The lowest BCUT2D eigenvalue weighted by Gasteiger charge is -2.29. The molecule has 29 heavy (non-hydrogen) atoms. The Kier molecular flexibility index (Phi) is 6.28. The van der Waals surface area contributed by atoms with Crippen LogP contribution in [0.2, 0.25) is 0 Å². The molecule has 1 aromatic carbocycles. The Morgan fingerprint density at radius 3 is 2.62 bits per heavy atom. The van der Waals surface area contributed by atoms with Gasteiger partial charge in [-0.2, -0.15) is 5.10 Å². The lowest BCUT2D eigenvalue weighted by atomic mass is 9.86. The smallest absolute Gasteiger partial charge is 0.269 e. The largest absolute Gasteiger partial charge is 0.495 e. The van der Waals surface area contributed by atoms with Gasteiger partial charge in [0.1, 0.15) is 16.3 Å². The average molecular weight is 421 g/mol. The van der Waals surface area contributed by atoms with Crippen molar-refractivity contribution in [2.45, 2.75) is 43.5 Å². The minimum atomic E-state index is -3.69. The zero-order valence-corrected chi connectivity index (χ0v) is 18.0. The summed E-state index contributed by atoms with van der Waals surface area (Å²) in [6.07, 6.45) is 4.43. The normalized spacial score (nSPS) is 19.9. The summed E-state index contributed by atoms with van der Waals surface area (Å²) in [6.45, 7) is 2.16. The molecule has 1 saturated carbocycles. The van der Waals surface area contributed by atoms with E-state index in [1.165, 1.54) is 33.7 Å². The van der Waals surface area contributed by atoms with Crippen molar-refractivity contribution in [2.24, 2.45) is 5.92 Å². The minimum Gasteiger partial charge on any atom is -0.495 e. The van der Waals surface area contributed by atoms with Crippen molar-refractivity contribution in [2.75, 3.05) is 21.2 Å². The van der Waals surface area contributed by atoms with Crippen molar-refractivity contribution in [3.63, 3.8) is 0 Å². The minimum absolute atomic E-state index is 0.0486. The molecule has 158 valence electrons. The molecule has 0 unspecified atom stereocenters. The van der Waals surface area contributed by atoms with E-state index in [0.717, 1.165) is 23.6 Å². The van der Waals surface area contributed by atoms with Crippen LogP contribution in [0.3, 0.4) is 0 Å². The van der Waals surface area contributed by atoms with E-state index in [2.05, 4.69) is 22.4 Å². The van der Waals surface area contributed by atoms with Crippen LogP contribution >= 0.6 is 0 Å². The molecule has 8 nitrogen and oxygen atoms in total. The van der Waals surface area contributed by atoms with Gasteiger partial charge in [-0.05, 0) is 43.0 Å². The molecule has 1 heterocycles. The molecule has 0 bridgehead atoms. The van der Waals surface area contributed by atoms with Crippen molar-refractivity contribution >= 4 is 15.9 Å². The number of aromatic amines is 1. The van der Waals surface area contributed by atoms with Gasteiger partial charge in [0, 0.05) is 25.7 Å². The van der Waals surface area contributed by atoms with Gasteiger partial charge >= 0.3 is 0 Å². The molecule has 1 amide bonds. The standard InChI is InChI=1S/C20H28N4O4S/c1-13-7-5-6-8-15(13)21-20(25)17-12-16(22-23-17)14-9-10-18(28-4)19(11-14)29(26,27)24(2)3/h9-13,15H,5-8H2,1-4H3,(H,21,25)(H,22,23)/t13-,15-/m1/s1. The van der Waals surface area contributed by atoms with E-state index in [0.29, 0.717) is 22.9 Å². The molecule has 0 aliphatic heterocycles. The third kappa shape index (κ3) is 4.45. The van der Waals surface area contributed by atoms with E-state index >= 15 is 0 Å². The summed E-state index contributed by atoms with van der Waals surface area (Å²) < 4.78 is 31.6. The van der Waals surface area contributed by atoms with Gasteiger partial charge < -0.3 is 10.1 Å². The van der Waals surface area contributed by atoms with E-state index in [4.69, 9.17) is 4.74 Å². The first-order valence-corrected chi connectivity index (χ1v) is 11.1. The molecule has 1 aliphatic carbocycles. The number of carbonyl (C=O) groups excluding carboxylic acids is 1. The number of amides is 1. The van der Waals surface area contributed by atoms with E-state index < -0.39 is 10.0 Å². The second kappa shape index (κ2) is 8.54. The molecular weight excluding hydrogens is 392 g/mol. The van der Waals surface area contributed by atoms with Crippen molar-refractivity contribution in [3.8, 4) is 17.0 Å². The van der Waals surface area contributed by atoms with Crippen molar-refractivity contribution in [1.29, 1.82) is 0 Å². The topological polar surface area (TPSA) is 104 Å². The highest BCUT2D eigenvalue weighted by Gasteiger charge is 2.25. The van der Waals surface area contributed by atoms with Crippen molar-refractivity contribution in [3.05, 3.63) is 30.0 Å². The molecule has 0 saturated heterocycles. The fourth-order valence-corrected chi connectivity index (χ4v) is 4.67. The monoisotopic (exact) mass is 420 g/mol. The van der Waals surface area contributed by atoms with Gasteiger partial charge in [-0.1, -0.05) is 19.8 Å². The summed E-state index contributed by atoms with van der Waals surface area (Å²) in [4.78, 5) is 12.7. The highest BCUT2D eigenvalue weighted by Crippen LogP contribution is 2.31. The molecule has 1 fully saturated rings. The number of nitrogens with one attached hydrogen (secondary N) is 2. The van der Waals surface area contributed by atoms with Crippen molar-refractivity contribution in [1.82, 2.24) is 19.8 Å². The van der Waals surface area contributed by atoms with E-state index in [-0.39, 0.29) is 22.6 Å². The highest BCUT2D eigenvalue weighted by atomic mass is 32.2. The van der Waals surface area contributed by atoms with Crippen LogP contribution in [0.15, 0.2) is 29.2 Å². The van der Waals surface area contributed by atoms with Gasteiger partial charge in [-0.25, -0.2) is 12.7 Å². The van der Waals surface area contributed by atoms with E-state index in [1.54, 1.807) is 18.2 Å². The predicted octanol–water partition coefficient (Wildman–Crippen LogP) is 2.64. The molecule has 2 N–H and O–H groups in total. The van der Waals surface area contributed by atoms with Gasteiger partial charge in [-0.15, -0.1) is 0 Å². The number of rotatable bonds is 6. The van der Waals surface area contributed by atoms with Gasteiger partial charge in [0.2, 0.25) is 10.0 Å². The molecule has 9 heteroatoms. The zero-order valence-electron chi connectivity index (χ0n) is 17.2. The third-order valence-electron chi connectivity index (χ3n) is 5.47. The number of hydrogen-bond acceptors (Lipinski definition) is 5. The van der Waals surface area contributed by atoms with Crippen LogP contribution in [0.25, 0.3) is 11.3 Å². The molecule has 2 atom stereocenters. The quantitative estimate of drug-likeness (QED) is 0.748. The molecular formula is C20H28N4O4S. The Morgan fingerprint density at radius 1 is 1.24 bits per heavy atom. The number of aromatic nitrogens is 2. The average Bonchev–Trinajstić information content (AvgIpc) is 3.19. The summed E-state index contributed by atoms with van der Waals surface area (Å²) >= 11 is 0. The first-order chi connectivity index (χ1) is 13.7. The van der Waals surface area contributed by atoms with Crippen LogP contribution in [0.1, 0.15) is 43.1 Å². The Labute approximate surface area is 171 Å². The number of ether oxygens (including phenoxy) is 1. The summed E-state index contributed by atoms with van der Waals surface area (Å²) in [5.74, 6) is 0.509. The number of hydrogen-bond donors (Lipinski definition) is 2. The van der Waals surface area contributed by atoms with Crippen LogP contribution in [-0.4, -0.2) is 56.1 Å². The van der Waals surface area contributed by atoms with Gasteiger partial charge in [0.25, 0.3) is 5.91 Å². The SMILES string of the molecule is COc1ccc(-c2cc(C(=O)N[C@@H]3CCCC[C@H]3C)[nH]n2)cc1S(=O)(=O)N(C)C. The first-order valence-electron chi connectivity index (χ1n) is 9.71. The van der Waals surface area contributed by atoms with Gasteiger partial charge in [0.15, 0.2) is 0 Å². The molecule has 0 spiro atoms. The lowest BCUT2D eigenvalue weighted by molar-refractivity contribution is 0.0905. The highest BCUT2D eigenvalue weighted by molar-refractivity contribution is 7.89. The summed E-state index contributed by atoms with van der Waals surface area (Å²) in [5.41, 5.74) is 1.42. The van der Waals surface area contributed by atoms with Crippen LogP contribution in [-0.2, 0) is 10.0 Å². The number of H-pyrrole nitrogens is 1. The second-order valence-corrected chi connectivity index (χ2v) is 9.78. The Balaban J connectivity index is 1.85. The van der Waals surface area contributed by atoms with E-state index in [1.807, 2.05) is 0 Å². The van der Waals surface area contributed by atoms with Crippen LogP contribution < -0.4 is 10.1 Å². The van der Waals surface area contributed by atoms with Crippen molar-refractivity contribution < 1.29 is 17.9 Å². The number of benzene rings is 1. The summed E-state index contributed by atoms with van der Waals surface area (Å²) in [7, 11) is 0.656. The second-order valence-electron chi connectivity index (χ2n) is 7.66. The number of methoxy groups -OCH3 is 1. The predicted molar refractivity (Wildman–Crippen MR) is 110 cm³/mol. The van der Waals surface area contributed by atoms with Crippen LogP contribution in [0, 0.1) is 5.92 Å². The third-order valence-corrected chi connectivity index (χ3v) is 7.30. The number of carbonyl (C=O) groups is 1. The fraction of sp³-hybridized carbons (Fsp3) is 0.500. The molecule has 0 radical (unpaired) electrons. The van der Waals surface area contributed by atoms with Gasteiger partial charge in [0.05, 0.1) is 12.8 Å². The Hall–Kier alpha value is -2.39. The van der Waals surface area contributed by atoms with Crippen LogP contribution in [0.5, 0.6) is 5.75 Å². The van der Waals surface area contributed by atoms with Gasteiger partial charge in [-0.3, -0.25) is 9.89 Å². The number of nitrogens with zero attached hydrogens (tertiary/aromatic N) is 2. The Bertz CT molecular complexity index is 984. The zero-order chi connectivity index (χ0) is 21.2. The molecule has 1 aliphatic rings. The maximum Gasteiger partial charge on any atom is 0.269 e. The first kappa shape index (κ1) is 21.3. The van der Waals surface area contributed by atoms with Crippen LogP contribution in [0.4, 0.5) is 0 Å². The molecule has 3 rings (SSSR count). The summed E-state index contributed by atoms with van der Waals surface area (Å²) in [6, 6.07) is 6.62. The molecule has 1 aromatic heterocycles.